The van der Waals surface area contributed by atoms with E-state index in [0.29, 0.717) is 5.75 Å². The molecule has 2 aromatic carbocycles. The maximum absolute atomic E-state index is 11.0. The molecule has 0 bridgehead atoms. The number of ether oxygens (including phenoxy) is 1. The summed E-state index contributed by atoms with van der Waals surface area (Å²) in [5.41, 5.74) is 1.78. The predicted molar refractivity (Wildman–Crippen MR) is 74.1 cm³/mol. The van der Waals surface area contributed by atoms with Gasteiger partial charge in [-0.3, -0.25) is 10.1 Å². The van der Waals surface area contributed by atoms with Gasteiger partial charge in [-0.2, -0.15) is 0 Å². The predicted octanol–water partition coefficient (Wildman–Crippen LogP) is 4.66. The minimum Gasteiger partial charge on any atom is -0.450 e. The van der Waals surface area contributed by atoms with Gasteiger partial charge in [0, 0.05) is 0 Å². The SMILES string of the molecule is Cc1cccc(Oc2cccc(Cl)c2[N+](=O)[O-])c1C. The van der Waals surface area contributed by atoms with Crippen molar-refractivity contribution in [2.75, 3.05) is 0 Å². The van der Waals surface area contributed by atoms with Gasteiger partial charge in [-0.15, -0.1) is 0 Å². The van der Waals surface area contributed by atoms with Crippen molar-refractivity contribution >= 4 is 17.3 Å². The Morgan fingerprint density at radius 1 is 1.11 bits per heavy atom. The highest BCUT2D eigenvalue weighted by molar-refractivity contribution is 6.32. The standard InChI is InChI=1S/C14H12ClNO3/c1-9-5-3-7-12(10(9)2)19-13-8-4-6-11(15)14(13)16(17)18/h3-8H,1-2H3. The highest BCUT2D eigenvalue weighted by atomic mass is 35.5. The molecule has 0 aliphatic heterocycles. The number of benzene rings is 2. The summed E-state index contributed by atoms with van der Waals surface area (Å²) < 4.78 is 5.64. The number of para-hydroxylation sites is 1. The Bertz CT molecular complexity index is 641. The lowest BCUT2D eigenvalue weighted by atomic mass is 10.1. The van der Waals surface area contributed by atoms with Gasteiger partial charge < -0.3 is 4.74 Å². The van der Waals surface area contributed by atoms with Gasteiger partial charge in [0.2, 0.25) is 5.75 Å². The fraction of sp³-hybridized carbons (Fsp3) is 0.143. The van der Waals surface area contributed by atoms with Crippen LogP contribution in [-0.2, 0) is 0 Å². The summed E-state index contributed by atoms with van der Waals surface area (Å²) in [4.78, 5) is 10.5. The van der Waals surface area contributed by atoms with Crippen LogP contribution in [0.15, 0.2) is 36.4 Å². The second-order valence-corrected chi connectivity index (χ2v) is 4.55. The minimum atomic E-state index is -0.539. The summed E-state index contributed by atoms with van der Waals surface area (Å²) in [6.45, 7) is 3.86. The molecule has 0 heterocycles. The molecule has 2 aromatic rings. The average molecular weight is 278 g/mol. The Morgan fingerprint density at radius 2 is 1.74 bits per heavy atom. The topological polar surface area (TPSA) is 52.4 Å². The third-order valence-electron chi connectivity index (χ3n) is 2.91. The molecule has 0 aliphatic rings. The van der Waals surface area contributed by atoms with Crippen LogP contribution in [0.5, 0.6) is 11.5 Å². The molecular formula is C14H12ClNO3. The van der Waals surface area contributed by atoms with Crippen molar-refractivity contribution in [1.82, 2.24) is 0 Å². The fourth-order valence-electron chi connectivity index (χ4n) is 1.71. The molecule has 0 saturated heterocycles. The van der Waals surface area contributed by atoms with E-state index < -0.39 is 4.92 Å². The van der Waals surface area contributed by atoms with Gasteiger partial charge in [0.05, 0.1) is 4.92 Å². The van der Waals surface area contributed by atoms with Gasteiger partial charge in [0.15, 0.2) is 0 Å². The van der Waals surface area contributed by atoms with Gasteiger partial charge in [-0.05, 0) is 43.2 Å². The van der Waals surface area contributed by atoms with E-state index in [1.807, 2.05) is 26.0 Å². The fourth-order valence-corrected chi connectivity index (χ4v) is 1.94. The molecule has 0 spiro atoms. The van der Waals surface area contributed by atoms with Crippen molar-refractivity contribution in [2.24, 2.45) is 0 Å². The number of halogens is 1. The first-order valence-electron chi connectivity index (χ1n) is 5.67. The van der Waals surface area contributed by atoms with E-state index in [1.165, 1.54) is 12.1 Å². The molecule has 0 aliphatic carbocycles. The van der Waals surface area contributed by atoms with E-state index in [0.717, 1.165) is 11.1 Å². The molecule has 2 rings (SSSR count). The van der Waals surface area contributed by atoms with Crippen LogP contribution < -0.4 is 4.74 Å². The van der Waals surface area contributed by atoms with Gasteiger partial charge in [-0.25, -0.2) is 0 Å². The van der Waals surface area contributed by atoms with E-state index in [4.69, 9.17) is 16.3 Å². The molecular weight excluding hydrogens is 266 g/mol. The Balaban J connectivity index is 2.47. The third kappa shape index (κ3) is 2.69. The zero-order chi connectivity index (χ0) is 14.0. The van der Waals surface area contributed by atoms with Crippen molar-refractivity contribution in [3.05, 3.63) is 62.7 Å². The lowest BCUT2D eigenvalue weighted by molar-refractivity contribution is -0.385. The molecule has 0 unspecified atom stereocenters. The molecule has 0 saturated carbocycles. The molecule has 0 radical (unpaired) electrons. The van der Waals surface area contributed by atoms with Crippen LogP contribution >= 0.6 is 11.6 Å². The second-order valence-electron chi connectivity index (χ2n) is 4.14. The quantitative estimate of drug-likeness (QED) is 0.606. The number of nitro groups is 1. The summed E-state index contributed by atoms with van der Waals surface area (Å²) in [6.07, 6.45) is 0. The molecule has 0 atom stereocenters. The van der Waals surface area contributed by atoms with Crippen LogP contribution in [0.25, 0.3) is 0 Å². The summed E-state index contributed by atoms with van der Waals surface area (Å²) in [6, 6.07) is 10.2. The van der Waals surface area contributed by atoms with Crippen molar-refractivity contribution in [2.45, 2.75) is 13.8 Å². The van der Waals surface area contributed by atoms with E-state index in [-0.39, 0.29) is 16.5 Å². The summed E-state index contributed by atoms with van der Waals surface area (Å²) in [5.74, 6) is 0.733. The van der Waals surface area contributed by atoms with Crippen LogP contribution in [0.2, 0.25) is 5.02 Å². The number of rotatable bonds is 3. The Labute approximate surface area is 115 Å². The largest absolute Gasteiger partial charge is 0.450 e. The smallest absolute Gasteiger partial charge is 0.329 e. The van der Waals surface area contributed by atoms with Crippen LogP contribution in [0, 0.1) is 24.0 Å². The third-order valence-corrected chi connectivity index (χ3v) is 3.21. The molecule has 19 heavy (non-hydrogen) atoms. The highest BCUT2D eigenvalue weighted by Crippen LogP contribution is 2.38. The average Bonchev–Trinajstić information content (AvgIpc) is 2.34. The Morgan fingerprint density at radius 3 is 2.42 bits per heavy atom. The van der Waals surface area contributed by atoms with Crippen LogP contribution in [0.3, 0.4) is 0 Å². The lowest BCUT2D eigenvalue weighted by Gasteiger charge is -2.11. The normalized spacial score (nSPS) is 10.3. The maximum atomic E-state index is 11.0. The van der Waals surface area contributed by atoms with E-state index in [1.54, 1.807) is 12.1 Å². The minimum absolute atomic E-state index is 0.0628. The molecule has 4 nitrogen and oxygen atoms in total. The summed E-state index contributed by atoms with van der Waals surface area (Å²) in [7, 11) is 0. The first-order valence-corrected chi connectivity index (χ1v) is 6.05. The van der Waals surface area contributed by atoms with Crippen molar-refractivity contribution in [1.29, 1.82) is 0 Å². The molecule has 5 heteroatoms. The zero-order valence-electron chi connectivity index (χ0n) is 10.5. The summed E-state index contributed by atoms with van der Waals surface area (Å²) in [5, 5.41) is 11.1. The van der Waals surface area contributed by atoms with E-state index in [9.17, 15) is 10.1 Å². The van der Waals surface area contributed by atoms with Crippen molar-refractivity contribution in [3.63, 3.8) is 0 Å². The highest BCUT2D eigenvalue weighted by Gasteiger charge is 2.20. The van der Waals surface area contributed by atoms with Crippen LogP contribution in [0.1, 0.15) is 11.1 Å². The van der Waals surface area contributed by atoms with E-state index >= 15 is 0 Å². The number of nitro benzene ring substituents is 1. The summed E-state index contributed by atoms with van der Waals surface area (Å²) >= 11 is 5.84. The van der Waals surface area contributed by atoms with Crippen LogP contribution in [0.4, 0.5) is 5.69 Å². The van der Waals surface area contributed by atoms with Gasteiger partial charge >= 0.3 is 5.69 Å². The van der Waals surface area contributed by atoms with Gasteiger partial charge in [0.1, 0.15) is 10.8 Å². The van der Waals surface area contributed by atoms with Gasteiger partial charge in [0.25, 0.3) is 0 Å². The monoisotopic (exact) mass is 277 g/mol. The Kier molecular flexibility index (Phi) is 3.71. The molecule has 0 fully saturated rings. The molecule has 0 aromatic heterocycles. The van der Waals surface area contributed by atoms with Crippen LogP contribution in [-0.4, -0.2) is 4.92 Å². The molecule has 98 valence electrons. The first kappa shape index (κ1) is 13.4. The number of hydrogen-bond acceptors (Lipinski definition) is 3. The maximum Gasteiger partial charge on any atom is 0.329 e. The number of hydrogen-bond donors (Lipinski definition) is 0. The lowest BCUT2D eigenvalue weighted by Crippen LogP contribution is -1.96. The van der Waals surface area contributed by atoms with Crippen molar-refractivity contribution in [3.8, 4) is 11.5 Å². The molecule has 0 amide bonds. The van der Waals surface area contributed by atoms with Crippen molar-refractivity contribution < 1.29 is 9.66 Å². The number of nitrogens with zero attached hydrogens (tertiary/aromatic N) is 1. The Hall–Kier alpha value is -2.07. The number of aryl methyl sites for hydroxylation is 1. The van der Waals surface area contributed by atoms with Gasteiger partial charge in [-0.1, -0.05) is 29.8 Å². The molecule has 0 N–H and O–H groups in total. The zero-order valence-corrected chi connectivity index (χ0v) is 11.3. The second kappa shape index (κ2) is 5.28. The first-order chi connectivity index (χ1) is 9.00. The van der Waals surface area contributed by atoms with E-state index in [2.05, 4.69) is 0 Å².